The van der Waals surface area contributed by atoms with Crippen LogP contribution in [0.5, 0.6) is 0 Å². The zero-order chi connectivity index (χ0) is 12.4. The van der Waals surface area contributed by atoms with Crippen LogP contribution in [0.1, 0.15) is 23.1 Å². The zero-order valence-corrected chi connectivity index (χ0v) is 10.4. The minimum absolute atomic E-state index is 0.278. The van der Waals surface area contributed by atoms with Crippen LogP contribution < -0.4 is 11.1 Å². The van der Waals surface area contributed by atoms with Crippen molar-refractivity contribution in [1.29, 1.82) is 0 Å². The lowest BCUT2D eigenvalue weighted by molar-refractivity contribution is 0.101. The van der Waals surface area contributed by atoms with Crippen molar-refractivity contribution < 1.29 is 4.79 Å². The lowest BCUT2D eigenvalue weighted by Crippen LogP contribution is -2.18. The molecule has 0 spiro atoms. The Morgan fingerprint density at radius 2 is 2.41 bits per heavy atom. The number of anilines is 2. The summed E-state index contributed by atoms with van der Waals surface area (Å²) in [7, 11) is 0. The number of rotatable bonds is 3. The van der Waals surface area contributed by atoms with Gasteiger partial charge >= 0.3 is 0 Å². The molecule has 0 aliphatic rings. The molecule has 2 aromatic rings. The summed E-state index contributed by atoms with van der Waals surface area (Å²) in [6, 6.07) is 0. The standard InChI is InChI=1S/C10H13N5OS/c1-3-15-8(7(11)6(2)14-15)9(16)13-10-12-4-5-17-10/h4-5H,3,11H2,1-2H3,(H,12,13,16). The summed E-state index contributed by atoms with van der Waals surface area (Å²) < 4.78 is 1.59. The molecule has 0 aromatic carbocycles. The Labute approximate surface area is 102 Å². The minimum Gasteiger partial charge on any atom is -0.395 e. The first-order valence-corrected chi connectivity index (χ1v) is 6.05. The molecule has 6 nitrogen and oxygen atoms in total. The number of hydrogen-bond acceptors (Lipinski definition) is 5. The van der Waals surface area contributed by atoms with Crippen LogP contribution in [0.2, 0.25) is 0 Å². The molecule has 2 heterocycles. The number of nitrogens with zero attached hydrogens (tertiary/aromatic N) is 3. The van der Waals surface area contributed by atoms with Crippen molar-refractivity contribution in [2.45, 2.75) is 20.4 Å². The Morgan fingerprint density at radius 3 is 3.00 bits per heavy atom. The molecule has 2 rings (SSSR count). The SMILES string of the molecule is CCn1nc(C)c(N)c1C(=O)Nc1nccs1. The largest absolute Gasteiger partial charge is 0.395 e. The predicted molar refractivity (Wildman–Crippen MR) is 67.1 cm³/mol. The lowest BCUT2D eigenvalue weighted by atomic mass is 10.3. The lowest BCUT2D eigenvalue weighted by Gasteiger charge is -2.04. The van der Waals surface area contributed by atoms with Gasteiger partial charge in [0.05, 0.1) is 11.4 Å². The van der Waals surface area contributed by atoms with Gasteiger partial charge in [0.15, 0.2) is 5.13 Å². The van der Waals surface area contributed by atoms with E-state index in [1.54, 1.807) is 23.2 Å². The van der Waals surface area contributed by atoms with Crippen LogP contribution >= 0.6 is 11.3 Å². The van der Waals surface area contributed by atoms with Gasteiger partial charge in [-0.3, -0.25) is 14.8 Å². The van der Waals surface area contributed by atoms with E-state index in [4.69, 9.17) is 5.73 Å². The molecule has 0 atom stereocenters. The Kier molecular flexibility index (Phi) is 3.10. The first-order valence-electron chi connectivity index (χ1n) is 5.17. The maximum atomic E-state index is 12.0. The molecule has 0 aliphatic heterocycles. The number of carbonyl (C=O) groups excluding carboxylic acids is 1. The van der Waals surface area contributed by atoms with Gasteiger partial charge in [0.1, 0.15) is 5.69 Å². The Morgan fingerprint density at radius 1 is 1.65 bits per heavy atom. The highest BCUT2D eigenvalue weighted by Crippen LogP contribution is 2.19. The molecule has 0 fully saturated rings. The van der Waals surface area contributed by atoms with Crippen LogP contribution in [0.15, 0.2) is 11.6 Å². The fourth-order valence-electron chi connectivity index (χ4n) is 1.51. The van der Waals surface area contributed by atoms with Gasteiger partial charge in [0.2, 0.25) is 0 Å². The highest BCUT2D eigenvalue weighted by molar-refractivity contribution is 7.13. The summed E-state index contributed by atoms with van der Waals surface area (Å²) in [5.74, 6) is -0.278. The third kappa shape index (κ3) is 2.14. The Hall–Kier alpha value is -1.89. The second kappa shape index (κ2) is 4.54. The number of nitrogens with one attached hydrogen (secondary N) is 1. The van der Waals surface area contributed by atoms with Crippen LogP contribution in [-0.4, -0.2) is 20.7 Å². The third-order valence-corrected chi connectivity index (χ3v) is 3.03. The van der Waals surface area contributed by atoms with Crippen molar-refractivity contribution in [2.24, 2.45) is 0 Å². The maximum Gasteiger partial charge on any atom is 0.277 e. The highest BCUT2D eigenvalue weighted by Gasteiger charge is 2.19. The van der Waals surface area contributed by atoms with Gasteiger partial charge < -0.3 is 5.73 Å². The Bertz CT molecular complexity index is 531. The first kappa shape index (κ1) is 11.6. The highest BCUT2D eigenvalue weighted by atomic mass is 32.1. The molecule has 2 aromatic heterocycles. The quantitative estimate of drug-likeness (QED) is 0.865. The van der Waals surface area contributed by atoms with Gasteiger partial charge in [-0.1, -0.05) is 0 Å². The number of aryl methyl sites for hydroxylation is 2. The van der Waals surface area contributed by atoms with Gasteiger partial charge in [-0.25, -0.2) is 4.98 Å². The van der Waals surface area contributed by atoms with Crippen molar-refractivity contribution in [1.82, 2.24) is 14.8 Å². The third-order valence-electron chi connectivity index (χ3n) is 2.34. The van der Waals surface area contributed by atoms with Crippen molar-refractivity contribution in [3.8, 4) is 0 Å². The molecule has 3 N–H and O–H groups in total. The second-order valence-corrected chi connectivity index (χ2v) is 4.35. The molecular weight excluding hydrogens is 238 g/mol. The molecule has 0 bridgehead atoms. The number of hydrogen-bond donors (Lipinski definition) is 2. The fourth-order valence-corrected chi connectivity index (χ4v) is 2.03. The number of nitrogen functional groups attached to an aromatic ring is 1. The van der Waals surface area contributed by atoms with Crippen molar-refractivity contribution in [3.05, 3.63) is 23.0 Å². The number of nitrogens with two attached hydrogens (primary N) is 1. The molecule has 17 heavy (non-hydrogen) atoms. The average molecular weight is 251 g/mol. The molecule has 0 saturated heterocycles. The van der Waals surface area contributed by atoms with Crippen LogP contribution in [0.25, 0.3) is 0 Å². The van der Waals surface area contributed by atoms with E-state index in [-0.39, 0.29) is 5.91 Å². The number of aromatic nitrogens is 3. The van der Waals surface area contributed by atoms with Crippen LogP contribution in [0, 0.1) is 6.92 Å². The van der Waals surface area contributed by atoms with E-state index in [0.29, 0.717) is 28.8 Å². The minimum atomic E-state index is -0.278. The summed E-state index contributed by atoms with van der Waals surface area (Å²) in [5.41, 5.74) is 7.32. The summed E-state index contributed by atoms with van der Waals surface area (Å²) in [5, 5.41) is 9.23. The van der Waals surface area contributed by atoms with E-state index in [1.165, 1.54) is 11.3 Å². The summed E-state index contributed by atoms with van der Waals surface area (Å²) >= 11 is 1.36. The topological polar surface area (TPSA) is 85.8 Å². The van der Waals surface area contributed by atoms with Crippen LogP contribution in [0.3, 0.4) is 0 Å². The molecule has 0 radical (unpaired) electrons. The van der Waals surface area contributed by atoms with Gasteiger partial charge in [-0.2, -0.15) is 5.10 Å². The molecule has 0 saturated carbocycles. The fraction of sp³-hybridized carbons (Fsp3) is 0.300. The van der Waals surface area contributed by atoms with Crippen LogP contribution in [0.4, 0.5) is 10.8 Å². The monoisotopic (exact) mass is 251 g/mol. The number of thiazole rings is 1. The molecule has 0 unspecified atom stereocenters. The average Bonchev–Trinajstić information content (AvgIpc) is 2.88. The Balaban J connectivity index is 2.30. The summed E-state index contributed by atoms with van der Waals surface area (Å²) in [6.07, 6.45) is 1.63. The molecule has 90 valence electrons. The van der Waals surface area contributed by atoms with Crippen molar-refractivity contribution in [3.63, 3.8) is 0 Å². The maximum absolute atomic E-state index is 12.0. The number of amides is 1. The van der Waals surface area contributed by atoms with Crippen molar-refractivity contribution in [2.75, 3.05) is 11.1 Å². The molecule has 7 heteroatoms. The van der Waals surface area contributed by atoms with Crippen molar-refractivity contribution >= 4 is 28.1 Å². The van der Waals surface area contributed by atoms with Gasteiger partial charge in [0, 0.05) is 18.1 Å². The smallest absolute Gasteiger partial charge is 0.277 e. The van der Waals surface area contributed by atoms with Crippen LogP contribution in [-0.2, 0) is 6.54 Å². The predicted octanol–water partition coefficient (Wildman–Crippen LogP) is 1.50. The first-order chi connectivity index (χ1) is 8.13. The van der Waals surface area contributed by atoms with Gasteiger partial charge in [0.25, 0.3) is 5.91 Å². The second-order valence-electron chi connectivity index (χ2n) is 3.45. The molecular formula is C10H13N5OS. The number of carbonyl (C=O) groups is 1. The molecule has 0 aliphatic carbocycles. The van der Waals surface area contributed by atoms with E-state index in [1.807, 2.05) is 6.92 Å². The normalized spacial score (nSPS) is 10.5. The van der Waals surface area contributed by atoms with Gasteiger partial charge in [-0.15, -0.1) is 11.3 Å². The van der Waals surface area contributed by atoms with E-state index >= 15 is 0 Å². The van der Waals surface area contributed by atoms with E-state index in [2.05, 4.69) is 15.4 Å². The van der Waals surface area contributed by atoms with E-state index < -0.39 is 0 Å². The summed E-state index contributed by atoms with van der Waals surface area (Å²) in [4.78, 5) is 16.0. The summed E-state index contributed by atoms with van der Waals surface area (Å²) in [6.45, 7) is 4.28. The van der Waals surface area contributed by atoms with E-state index in [0.717, 1.165) is 0 Å². The van der Waals surface area contributed by atoms with E-state index in [9.17, 15) is 4.79 Å². The van der Waals surface area contributed by atoms with Gasteiger partial charge in [-0.05, 0) is 13.8 Å². The zero-order valence-electron chi connectivity index (χ0n) is 9.60. The molecule has 1 amide bonds.